The molecule has 34 heavy (non-hydrogen) atoms. The molecule has 2 heterocycles. The van der Waals surface area contributed by atoms with Gasteiger partial charge >= 0.3 is 0 Å². The zero-order valence-electron chi connectivity index (χ0n) is 22.2. The maximum atomic E-state index is 11.8. The summed E-state index contributed by atoms with van der Waals surface area (Å²) in [5.74, 6) is 2.63. The van der Waals surface area contributed by atoms with Crippen LogP contribution in [0, 0.1) is 23.2 Å². The van der Waals surface area contributed by atoms with E-state index in [-0.39, 0.29) is 22.9 Å². The standard InChI is InChI=1S/C27H39NO4.C2H6/c1-25(2,3)26(4,30)18-13-17-19-12-16-8-9-20(31-5)23-21(16)27(17,24(32-23)22(18)29)10-11-28(19)14-15-6-7-15;1-2/h8-9,15,17-19,22,24,29-30H,6-7,10-14H2,1-5H3;1-2H3/t17?,18?,19?,22?,24?,26-,27?;/m0./s1. The third-order valence-electron chi connectivity index (χ3n) is 10.1. The van der Waals surface area contributed by atoms with Crippen LogP contribution in [0.4, 0.5) is 0 Å². The van der Waals surface area contributed by atoms with Crippen molar-refractivity contribution in [2.45, 2.75) is 103 Å². The number of aliphatic hydroxyl groups excluding tert-OH is 1. The molecule has 5 heteroatoms. The average molecular weight is 472 g/mol. The van der Waals surface area contributed by atoms with Crippen LogP contribution >= 0.6 is 0 Å². The third kappa shape index (κ3) is 3.22. The fourth-order valence-electron chi connectivity index (χ4n) is 7.72. The van der Waals surface area contributed by atoms with Crippen LogP contribution in [-0.4, -0.2) is 59.2 Å². The Labute approximate surface area is 205 Å². The molecule has 6 unspecified atom stereocenters. The first-order valence-corrected chi connectivity index (χ1v) is 13.6. The highest BCUT2D eigenvalue weighted by molar-refractivity contribution is 5.61. The van der Waals surface area contributed by atoms with Gasteiger partial charge in [-0.05, 0) is 74.5 Å². The highest BCUT2D eigenvalue weighted by Crippen LogP contribution is 2.66. The number of ether oxygens (including phenoxy) is 2. The summed E-state index contributed by atoms with van der Waals surface area (Å²) in [5, 5.41) is 23.5. The summed E-state index contributed by atoms with van der Waals surface area (Å²) in [5.41, 5.74) is 1.17. The number of hydrogen-bond donors (Lipinski definition) is 2. The maximum absolute atomic E-state index is 11.8. The highest BCUT2D eigenvalue weighted by Gasteiger charge is 2.69. The summed E-state index contributed by atoms with van der Waals surface area (Å²) in [6, 6.07) is 4.73. The molecule has 0 aromatic heterocycles. The summed E-state index contributed by atoms with van der Waals surface area (Å²) < 4.78 is 12.4. The molecular formula is C29H45NO4. The Morgan fingerprint density at radius 1 is 1.18 bits per heavy atom. The number of methoxy groups -OCH3 is 1. The van der Waals surface area contributed by atoms with Gasteiger partial charge in [-0.25, -0.2) is 0 Å². The summed E-state index contributed by atoms with van der Waals surface area (Å²) in [4.78, 5) is 2.75. The summed E-state index contributed by atoms with van der Waals surface area (Å²) in [7, 11) is 1.70. The lowest BCUT2D eigenvalue weighted by atomic mass is 9.47. The molecule has 7 atom stereocenters. The molecule has 0 amide bonds. The van der Waals surface area contributed by atoms with Gasteiger partial charge in [0.2, 0.25) is 0 Å². The predicted molar refractivity (Wildman–Crippen MR) is 135 cm³/mol. The predicted octanol–water partition coefficient (Wildman–Crippen LogP) is 4.55. The number of aliphatic hydroxyl groups is 2. The first-order valence-electron chi connectivity index (χ1n) is 13.6. The van der Waals surface area contributed by atoms with E-state index in [1.807, 2.05) is 26.8 Å². The van der Waals surface area contributed by atoms with E-state index in [4.69, 9.17) is 9.47 Å². The second-order valence-electron chi connectivity index (χ2n) is 12.5. The van der Waals surface area contributed by atoms with Crippen molar-refractivity contribution >= 4 is 0 Å². The van der Waals surface area contributed by atoms with E-state index >= 15 is 0 Å². The van der Waals surface area contributed by atoms with Crippen molar-refractivity contribution in [2.75, 3.05) is 20.2 Å². The van der Waals surface area contributed by atoms with Gasteiger partial charge in [0.25, 0.3) is 0 Å². The first-order chi connectivity index (χ1) is 16.1. The molecule has 3 fully saturated rings. The van der Waals surface area contributed by atoms with Crippen LogP contribution in [0.15, 0.2) is 12.1 Å². The molecule has 6 rings (SSSR count). The van der Waals surface area contributed by atoms with Crippen LogP contribution < -0.4 is 9.47 Å². The Kier molecular flexibility index (Phi) is 5.82. The van der Waals surface area contributed by atoms with E-state index in [1.54, 1.807) is 7.11 Å². The number of benzene rings is 1. The van der Waals surface area contributed by atoms with Crippen LogP contribution in [0.3, 0.4) is 0 Å². The van der Waals surface area contributed by atoms with Gasteiger partial charge < -0.3 is 19.7 Å². The Hall–Kier alpha value is -1.30. The average Bonchev–Trinajstić information content (AvgIpc) is 3.54. The molecule has 2 saturated carbocycles. The SMILES string of the molecule is CC.COc1ccc2c3c1OC1C(O)C([C@](C)(O)C(C)(C)C)CC4C(C2)N(CC2CC2)CCC341. The molecule has 1 spiro atoms. The lowest BCUT2D eigenvalue weighted by Crippen LogP contribution is -2.71. The lowest BCUT2D eigenvalue weighted by molar-refractivity contribution is -0.198. The molecule has 0 radical (unpaired) electrons. The molecule has 2 aliphatic heterocycles. The quantitative estimate of drug-likeness (QED) is 0.674. The molecule has 5 aliphatic rings. The minimum atomic E-state index is -0.994. The zero-order valence-corrected chi connectivity index (χ0v) is 22.2. The van der Waals surface area contributed by atoms with E-state index in [2.05, 4.69) is 31.7 Å². The monoisotopic (exact) mass is 471 g/mol. The highest BCUT2D eigenvalue weighted by atomic mass is 16.5. The van der Waals surface area contributed by atoms with Gasteiger partial charge in [0.15, 0.2) is 11.5 Å². The van der Waals surface area contributed by atoms with Gasteiger partial charge in [0.1, 0.15) is 6.10 Å². The van der Waals surface area contributed by atoms with Crippen LogP contribution in [0.5, 0.6) is 11.5 Å². The summed E-state index contributed by atoms with van der Waals surface area (Å²) >= 11 is 0. The molecule has 3 aliphatic carbocycles. The molecule has 2 N–H and O–H groups in total. The van der Waals surface area contributed by atoms with Gasteiger partial charge in [0, 0.05) is 29.5 Å². The van der Waals surface area contributed by atoms with Crippen molar-refractivity contribution < 1.29 is 19.7 Å². The lowest BCUT2D eigenvalue weighted by Gasteiger charge is -2.62. The van der Waals surface area contributed by atoms with Crippen molar-refractivity contribution in [3.63, 3.8) is 0 Å². The minimum Gasteiger partial charge on any atom is -0.493 e. The van der Waals surface area contributed by atoms with Gasteiger partial charge in [-0.2, -0.15) is 0 Å². The van der Waals surface area contributed by atoms with Gasteiger partial charge in [0.05, 0.1) is 18.8 Å². The second kappa shape index (κ2) is 8.11. The Bertz CT molecular complexity index is 933. The molecule has 1 aromatic rings. The second-order valence-corrected chi connectivity index (χ2v) is 12.5. The molecule has 5 nitrogen and oxygen atoms in total. The fourth-order valence-corrected chi connectivity index (χ4v) is 7.72. The Balaban J connectivity index is 0.00000117. The fraction of sp³-hybridized carbons (Fsp3) is 0.793. The van der Waals surface area contributed by atoms with Crippen molar-refractivity contribution in [1.82, 2.24) is 4.90 Å². The number of hydrogen-bond acceptors (Lipinski definition) is 5. The third-order valence-corrected chi connectivity index (χ3v) is 10.1. The van der Waals surface area contributed by atoms with E-state index in [0.29, 0.717) is 12.0 Å². The molecule has 2 bridgehead atoms. The Morgan fingerprint density at radius 2 is 1.88 bits per heavy atom. The Morgan fingerprint density at radius 3 is 2.50 bits per heavy atom. The maximum Gasteiger partial charge on any atom is 0.165 e. The minimum absolute atomic E-state index is 0.175. The van der Waals surface area contributed by atoms with Gasteiger partial charge in [-0.1, -0.05) is 40.7 Å². The van der Waals surface area contributed by atoms with E-state index < -0.39 is 11.7 Å². The largest absolute Gasteiger partial charge is 0.493 e. The van der Waals surface area contributed by atoms with Crippen molar-refractivity contribution in [2.24, 2.45) is 23.2 Å². The van der Waals surface area contributed by atoms with Crippen molar-refractivity contribution in [3.05, 3.63) is 23.3 Å². The smallest absolute Gasteiger partial charge is 0.165 e. The van der Waals surface area contributed by atoms with E-state index in [1.165, 1.54) is 30.5 Å². The number of piperidine rings is 1. The van der Waals surface area contributed by atoms with E-state index in [9.17, 15) is 10.2 Å². The van der Waals surface area contributed by atoms with Gasteiger partial charge in [-0.3, -0.25) is 4.90 Å². The van der Waals surface area contributed by atoms with Gasteiger partial charge in [-0.15, -0.1) is 0 Å². The van der Waals surface area contributed by atoms with Crippen LogP contribution in [0.25, 0.3) is 0 Å². The number of nitrogens with zero attached hydrogens (tertiary/aromatic N) is 1. The summed E-state index contributed by atoms with van der Waals surface area (Å²) in [6.45, 7) is 14.4. The zero-order chi connectivity index (χ0) is 24.6. The van der Waals surface area contributed by atoms with E-state index in [0.717, 1.165) is 43.2 Å². The molecular weight excluding hydrogens is 426 g/mol. The topological polar surface area (TPSA) is 62.2 Å². The van der Waals surface area contributed by atoms with Crippen LogP contribution in [0.1, 0.15) is 78.4 Å². The van der Waals surface area contributed by atoms with Crippen molar-refractivity contribution in [3.8, 4) is 11.5 Å². The van der Waals surface area contributed by atoms with Crippen molar-refractivity contribution in [1.29, 1.82) is 0 Å². The summed E-state index contributed by atoms with van der Waals surface area (Å²) in [6.07, 6.45) is 4.58. The molecule has 1 aromatic carbocycles. The molecule has 190 valence electrons. The first kappa shape index (κ1) is 24.4. The van der Waals surface area contributed by atoms with Crippen LogP contribution in [0.2, 0.25) is 0 Å². The molecule has 1 saturated heterocycles. The number of likely N-dealkylation sites (tertiary alicyclic amines) is 1. The van der Waals surface area contributed by atoms with Crippen LogP contribution in [-0.2, 0) is 11.8 Å². The number of rotatable bonds is 4. The normalized spacial score (nSPS) is 37.6.